The van der Waals surface area contributed by atoms with Gasteiger partial charge in [-0.1, -0.05) is 11.8 Å². The third kappa shape index (κ3) is 3.44. The number of aryl methyl sites for hydroxylation is 1. The van der Waals surface area contributed by atoms with E-state index in [0.29, 0.717) is 34.7 Å². The maximum Gasteiger partial charge on any atom is 0.277 e. The van der Waals surface area contributed by atoms with Crippen molar-refractivity contribution < 1.29 is 13.6 Å². The number of carbonyl (C=O) groups excluding carboxylic acids is 1. The lowest BCUT2D eigenvalue weighted by Gasteiger charge is -2.17. The molecule has 1 amide bonds. The summed E-state index contributed by atoms with van der Waals surface area (Å²) in [4.78, 5) is 12.1. The van der Waals surface area contributed by atoms with Crippen molar-refractivity contribution in [3.63, 3.8) is 0 Å². The standard InChI is InChI=1S/C16H19N3O3S/c1-9-12(6-7-21-9)15-18-19-16(22-15)23-8-13(20)17-14(10-2-3-10)11-4-5-11/h6-7,10-11,14H,2-5,8H2,1H3,(H,17,20). The number of aromatic nitrogens is 2. The average molecular weight is 333 g/mol. The van der Waals surface area contributed by atoms with Crippen LogP contribution in [0, 0.1) is 18.8 Å². The van der Waals surface area contributed by atoms with Crippen LogP contribution in [0.2, 0.25) is 0 Å². The highest BCUT2D eigenvalue weighted by Gasteiger charge is 2.42. The molecule has 0 bridgehead atoms. The van der Waals surface area contributed by atoms with Crippen molar-refractivity contribution in [2.75, 3.05) is 5.75 Å². The van der Waals surface area contributed by atoms with E-state index in [1.165, 1.54) is 37.4 Å². The van der Waals surface area contributed by atoms with Crippen LogP contribution in [0.5, 0.6) is 0 Å². The summed E-state index contributed by atoms with van der Waals surface area (Å²) in [5.41, 5.74) is 0.788. The molecule has 0 aromatic carbocycles. The lowest BCUT2D eigenvalue weighted by molar-refractivity contribution is -0.119. The van der Waals surface area contributed by atoms with Gasteiger partial charge in [-0.15, -0.1) is 10.2 Å². The van der Waals surface area contributed by atoms with Crippen molar-refractivity contribution in [1.82, 2.24) is 15.5 Å². The molecule has 0 saturated heterocycles. The summed E-state index contributed by atoms with van der Waals surface area (Å²) < 4.78 is 10.8. The van der Waals surface area contributed by atoms with Gasteiger partial charge in [0, 0.05) is 6.04 Å². The first-order valence-corrected chi connectivity index (χ1v) is 8.99. The molecule has 0 unspecified atom stereocenters. The van der Waals surface area contributed by atoms with E-state index in [4.69, 9.17) is 8.83 Å². The molecule has 0 radical (unpaired) electrons. The molecule has 1 N–H and O–H groups in total. The maximum atomic E-state index is 12.1. The van der Waals surface area contributed by atoms with Crippen molar-refractivity contribution in [3.05, 3.63) is 18.1 Å². The second-order valence-electron chi connectivity index (χ2n) is 6.32. The lowest BCUT2D eigenvalue weighted by Crippen LogP contribution is -2.39. The molecule has 2 aliphatic rings. The van der Waals surface area contributed by atoms with Gasteiger partial charge in [-0.05, 0) is 50.5 Å². The zero-order chi connectivity index (χ0) is 15.8. The van der Waals surface area contributed by atoms with Gasteiger partial charge in [0.15, 0.2) is 0 Å². The van der Waals surface area contributed by atoms with Gasteiger partial charge in [-0.25, -0.2) is 0 Å². The van der Waals surface area contributed by atoms with Crippen molar-refractivity contribution in [2.24, 2.45) is 11.8 Å². The van der Waals surface area contributed by atoms with Crippen LogP contribution in [-0.2, 0) is 4.79 Å². The molecule has 2 saturated carbocycles. The fraction of sp³-hybridized carbons (Fsp3) is 0.562. The van der Waals surface area contributed by atoms with Crippen LogP contribution in [-0.4, -0.2) is 27.9 Å². The van der Waals surface area contributed by atoms with Crippen LogP contribution in [0.25, 0.3) is 11.5 Å². The van der Waals surface area contributed by atoms with Gasteiger partial charge in [0.2, 0.25) is 5.91 Å². The number of amides is 1. The van der Waals surface area contributed by atoms with E-state index in [-0.39, 0.29) is 5.91 Å². The van der Waals surface area contributed by atoms with E-state index < -0.39 is 0 Å². The summed E-state index contributed by atoms with van der Waals surface area (Å²) in [5, 5.41) is 11.6. The Kier molecular flexibility index (Phi) is 3.88. The maximum absolute atomic E-state index is 12.1. The molecule has 2 aromatic heterocycles. The van der Waals surface area contributed by atoms with Gasteiger partial charge in [0.05, 0.1) is 17.6 Å². The topological polar surface area (TPSA) is 81.2 Å². The first-order valence-electron chi connectivity index (χ1n) is 8.01. The first kappa shape index (κ1) is 14.8. The van der Waals surface area contributed by atoms with E-state index in [9.17, 15) is 4.79 Å². The Hall–Kier alpha value is -1.76. The number of nitrogens with one attached hydrogen (secondary N) is 1. The predicted molar refractivity (Wildman–Crippen MR) is 84.8 cm³/mol. The minimum atomic E-state index is 0.0537. The summed E-state index contributed by atoms with van der Waals surface area (Å²) >= 11 is 1.28. The second-order valence-corrected chi connectivity index (χ2v) is 7.25. The largest absolute Gasteiger partial charge is 0.469 e. The fourth-order valence-corrected chi connectivity index (χ4v) is 3.44. The SMILES string of the molecule is Cc1occc1-c1nnc(SCC(=O)NC(C2CC2)C2CC2)o1. The first-order chi connectivity index (χ1) is 11.2. The van der Waals surface area contributed by atoms with E-state index in [0.717, 1.165) is 11.3 Å². The minimum Gasteiger partial charge on any atom is -0.469 e. The van der Waals surface area contributed by atoms with Crippen LogP contribution in [0.1, 0.15) is 31.4 Å². The van der Waals surface area contributed by atoms with Crippen molar-refractivity contribution >= 4 is 17.7 Å². The van der Waals surface area contributed by atoms with E-state index in [2.05, 4.69) is 15.5 Å². The monoisotopic (exact) mass is 333 g/mol. The highest BCUT2D eigenvalue weighted by Crippen LogP contribution is 2.44. The van der Waals surface area contributed by atoms with Crippen LogP contribution in [0.4, 0.5) is 0 Å². The molecule has 2 fully saturated rings. The smallest absolute Gasteiger partial charge is 0.277 e. The quantitative estimate of drug-likeness (QED) is 0.784. The van der Waals surface area contributed by atoms with Crippen LogP contribution in [0.15, 0.2) is 26.4 Å². The average Bonchev–Trinajstić information content (AvgIpc) is 3.46. The van der Waals surface area contributed by atoms with Gasteiger partial charge in [-0.2, -0.15) is 0 Å². The Morgan fingerprint density at radius 3 is 2.70 bits per heavy atom. The molecular weight excluding hydrogens is 314 g/mol. The van der Waals surface area contributed by atoms with Gasteiger partial charge in [0.1, 0.15) is 5.76 Å². The second kappa shape index (κ2) is 6.03. The zero-order valence-electron chi connectivity index (χ0n) is 12.9. The van der Waals surface area contributed by atoms with Gasteiger partial charge in [-0.3, -0.25) is 4.79 Å². The molecule has 122 valence electrons. The molecule has 7 heteroatoms. The van der Waals surface area contributed by atoms with Crippen LogP contribution < -0.4 is 5.32 Å². The molecule has 0 atom stereocenters. The molecule has 2 aromatic rings. The third-order valence-corrected chi connectivity index (χ3v) is 5.23. The number of nitrogens with zero attached hydrogens (tertiary/aromatic N) is 2. The number of carbonyl (C=O) groups is 1. The number of rotatable bonds is 7. The Morgan fingerprint density at radius 2 is 2.09 bits per heavy atom. The summed E-state index contributed by atoms with van der Waals surface area (Å²) in [6, 6.07) is 2.18. The highest BCUT2D eigenvalue weighted by atomic mass is 32.2. The molecule has 2 heterocycles. The zero-order valence-corrected chi connectivity index (χ0v) is 13.8. The van der Waals surface area contributed by atoms with Gasteiger partial charge >= 0.3 is 0 Å². The van der Waals surface area contributed by atoms with Gasteiger partial charge < -0.3 is 14.2 Å². The summed E-state index contributed by atoms with van der Waals surface area (Å²) in [6.45, 7) is 1.84. The lowest BCUT2D eigenvalue weighted by atomic mass is 10.1. The van der Waals surface area contributed by atoms with Crippen LogP contribution >= 0.6 is 11.8 Å². The molecule has 4 rings (SSSR count). The number of furan rings is 1. The van der Waals surface area contributed by atoms with E-state index in [1.807, 2.05) is 6.92 Å². The van der Waals surface area contributed by atoms with E-state index in [1.54, 1.807) is 12.3 Å². The van der Waals surface area contributed by atoms with E-state index >= 15 is 0 Å². The third-order valence-electron chi connectivity index (χ3n) is 4.41. The van der Waals surface area contributed by atoms with Crippen LogP contribution in [0.3, 0.4) is 0 Å². The predicted octanol–water partition coefficient (Wildman–Crippen LogP) is 3.03. The van der Waals surface area contributed by atoms with Crippen molar-refractivity contribution in [2.45, 2.75) is 43.9 Å². The Bertz CT molecular complexity index is 691. The fourth-order valence-electron chi connectivity index (χ4n) is 2.87. The summed E-state index contributed by atoms with van der Waals surface area (Å²) in [7, 11) is 0. The highest BCUT2D eigenvalue weighted by molar-refractivity contribution is 7.99. The Balaban J connectivity index is 1.31. The molecular formula is C16H19N3O3S. The normalized spacial score (nSPS) is 17.7. The minimum absolute atomic E-state index is 0.0537. The summed E-state index contributed by atoms with van der Waals surface area (Å²) in [6.07, 6.45) is 6.61. The number of hydrogen-bond donors (Lipinski definition) is 1. The Labute approximate surface area is 138 Å². The molecule has 0 aliphatic heterocycles. The molecule has 2 aliphatic carbocycles. The van der Waals surface area contributed by atoms with Crippen molar-refractivity contribution in [3.8, 4) is 11.5 Å². The molecule has 0 spiro atoms. The molecule has 6 nitrogen and oxygen atoms in total. The summed E-state index contributed by atoms with van der Waals surface area (Å²) in [5.74, 6) is 2.93. The molecule has 23 heavy (non-hydrogen) atoms. The number of hydrogen-bond acceptors (Lipinski definition) is 6. The Morgan fingerprint density at radius 1 is 1.35 bits per heavy atom. The van der Waals surface area contributed by atoms with Crippen molar-refractivity contribution in [1.29, 1.82) is 0 Å². The van der Waals surface area contributed by atoms with Gasteiger partial charge in [0.25, 0.3) is 11.1 Å². The number of thioether (sulfide) groups is 1.